The van der Waals surface area contributed by atoms with Gasteiger partial charge in [-0.25, -0.2) is 0 Å². The molecule has 0 aromatic rings. The Morgan fingerprint density at radius 2 is 2.00 bits per heavy atom. The van der Waals surface area contributed by atoms with Gasteiger partial charge in [0.2, 0.25) is 0 Å². The van der Waals surface area contributed by atoms with Crippen molar-refractivity contribution < 1.29 is 0 Å². The average molecular weight is 167 g/mol. The predicted molar refractivity (Wildman–Crippen MR) is 52.2 cm³/mol. The molecule has 1 heterocycles. The summed E-state index contributed by atoms with van der Waals surface area (Å²) in [5.41, 5.74) is 1.14. The fourth-order valence-electron chi connectivity index (χ4n) is 2.45. The van der Waals surface area contributed by atoms with Crippen molar-refractivity contribution in [1.82, 2.24) is 4.90 Å². The van der Waals surface area contributed by atoms with E-state index in [0.29, 0.717) is 5.54 Å². The van der Waals surface area contributed by atoms with Crippen molar-refractivity contribution in [1.29, 1.82) is 0 Å². The third-order valence-electron chi connectivity index (χ3n) is 3.88. The predicted octanol–water partition coefficient (Wildman–Crippen LogP) is 2.52. The van der Waals surface area contributed by atoms with Gasteiger partial charge in [-0.15, -0.1) is 0 Å². The maximum absolute atomic E-state index is 2.65. The van der Waals surface area contributed by atoms with Crippen LogP contribution in [0.15, 0.2) is 0 Å². The molecule has 1 nitrogen and oxygen atoms in total. The fourth-order valence-corrected chi connectivity index (χ4v) is 2.45. The van der Waals surface area contributed by atoms with Gasteiger partial charge in [0.15, 0.2) is 0 Å². The normalized spacial score (nSPS) is 42.5. The molecule has 2 aliphatic rings. The highest BCUT2D eigenvalue weighted by Crippen LogP contribution is 2.57. The summed E-state index contributed by atoms with van der Waals surface area (Å²) in [5.74, 6) is 1.02. The molecule has 2 rings (SSSR count). The molecule has 0 aromatic carbocycles. The van der Waals surface area contributed by atoms with Crippen LogP contribution in [0.2, 0.25) is 0 Å². The zero-order chi connectivity index (χ0) is 8.98. The highest BCUT2D eigenvalue weighted by atomic mass is 15.2. The molecule has 0 spiro atoms. The fraction of sp³-hybridized carbons (Fsp3) is 1.00. The Hall–Kier alpha value is -0.0400. The summed E-state index contributed by atoms with van der Waals surface area (Å²) in [6, 6.07) is 0. The Bertz CT molecular complexity index is 192. The van der Waals surface area contributed by atoms with Crippen LogP contribution < -0.4 is 0 Å². The van der Waals surface area contributed by atoms with Crippen molar-refractivity contribution in [2.24, 2.45) is 11.3 Å². The molecule has 2 fully saturated rings. The first kappa shape index (κ1) is 8.55. The van der Waals surface area contributed by atoms with E-state index in [1.165, 1.54) is 25.9 Å². The van der Waals surface area contributed by atoms with Gasteiger partial charge in [0.25, 0.3) is 0 Å². The number of nitrogens with zero attached hydrogens (tertiary/aromatic N) is 1. The summed E-state index contributed by atoms with van der Waals surface area (Å²) < 4.78 is 0. The molecule has 0 aromatic heterocycles. The summed E-state index contributed by atoms with van der Waals surface area (Å²) in [7, 11) is 0. The first-order valence-corrected chi connectivity index (χ1v) is 5.17. The van der Waals surface area contributed by atoms with E-state index >= 15 is 0 Å². The number of hydrogen-bond donors (Lipinski definition) is 0. The van der Waals surface area contributed by atoms with Gasteiger partial charge in [0.05, 0.1) is 0 Å². The minimum absolute atomic E-state index is 0.393. The Labute approximate surface area is 76.1 Å². The second-order valence-electron chi connectivity index (χ2n) is 5.92. The van der Waals surface area contributed by atoms with Crippen LogP contribution in [0.25, 0.3) is 0 Å². The lowest BCUT2D eigenvalue weighted by Crippen LogP contribution is -2.46. The van der Waals surface area contributed by atoms with E-state index in [1.54, 1.807) is 0 Å². The van der Waals surface area contributed by atoms with Gasteiger partial charge in [-0.1, -0.05) is 6.92 Å². The molecule has 0 amide bonds. The second kappa shape index (κ2) is 2.25. The number of likely N-dealkylation sites (tertiary alicyclic amines) is 1. The van der Waals surface area contributed by atoms with Crippen LogP contribution in [-0.4, -0.2) is 23.5 Å². The topological polar surface area (TPSA) is 3.24 Å². The Morgan fingerprint density at radius 3 is 2.50 bits per heavy atom. The van der Waals surface area contributed by atoms with E-state index in [0.717, 1.165) is 11.3 Å². The van der Waals surface area contributed by atoms with E-state index in [4.69, 9.17) is 0 Å². The van der Waals surface area contributed by atoms with Gasteiger partial charge in [0, 0.05) is 12.1 Å². The summed E-state index contributed by atoms with van der Waals surface area (Å²) in [6.07, 6.45) is 2.91. The van der Waals surface area contributed by atoms with Crippen LogP contribution >= 0.6 is 0 Å². The highest BCUT2D eigenvalue weighted by molar-refractivity contribution is 5.05. The molecule has 2 unspecified atom stereocenters. The van der Waals surface area contributed by atoms with Crippen molar-refractivity contribution in [3.63, 3.8) is 0 Å². The van der Waals surface area contributed by atoms with Gasteiger partial charge >= 0.3 is 0 Å². The average Bonchev–Trinajstić information content (AvgIpc) is 2.56. The van der Waals surface area contributed by atoms with E-state index in [-0.39, 0.29) is 0 Å². The van der Waals surface area contributed by atoms with Crippen molar-refractivity contribution in [2.75, 3.05) is 13.1 Å². The van der Waals surface area contributed by atoms with Crippen molar-refractivity contribution in [3.8, 4) is 0 Å². The lowest BCUT2D eigenvalue weighted by molar-refractivity contribution is 0.0879. The van der Waals surface area contributed by atoms with Crippen molar-refractivity contribution >= 4 is 0 Å². The molecule has 0 N–H and O–H groups in total. The smallest absolute Gasteiger partial charge is 0.0125 e. The van der Waals surface area contributed by atoms with E-state index in [1.807, 2.05) is 0 Å². The minimum Gasteiger partial charge on any atom is -0.298 e. The molecule has 1 aliphatic heterocycles. The number of piperidine rings is 1. The molecule has 1 heteroatoms. The second-order valence-corrected chi connectivity index (χ2v) is 5.92. The van der Waals surface area contributed by atoms with E-state index in [9.17, 15) is 0 Å². The van der Waals surface area contributed by atoms with Gasteiger partial charge < -0.3 is 0 Å². The summed E-state index contributed by atoms with van der Waals surface area (Å²) in [5, 5.41) is 0. The van der Waals surface area contributed by atoms with Gasteiger partial charge in [-0.2, -0.15) is 0 Å². The number of hydrogen-bond acceptors (Lipinski definition) is 1. The van der Waals surface area contributed by atoms with Gasteiger partial charge in [0.1, 0.15) is 0 Å². The van der Waals surface area contributed by atoms with Gasteiger partial charge in [-0.05, 0) is 51.5 Å². The molecule has 0 bridgehead atoms. The molecule has 1 saturated heterocycles. The zero-order valence-electron chi connectivity index (χ0n) is 8.85. The van der Waals surface area contributed by atoms with E-state index in [2.05, 4.69) is 32.6 Å². The maximum atomic E-state index is 2.65. The van der Waals surface area contributed by atoms with E-state index < -0.39 is 0 Å². The largest absolute Gasteiger partial charge is 0.298 e. The standard InChI is InChI=1S/C11H21N/c1-10(2,3)12-6-5-11(4)7-9(11)8-12/h9H,5-8H2,1-4H3. The van der Waals surface area contributed by atoms with Crippen LogP contribution in [0.1, 0.15) is 40.5 Å². The number of rotatable bonds is 0. The molecule has 1 saturated carbocycles. The molecule has 70 valence electrons. The molecule has 0 radical (unpaired) electrons. The zero-order valence-corrected chi connectivity index (χ0v) is 8.85. The summed E-state index contributed by atoms with van der Waals surface area (Å²) >= 11 is 0. The Morgan fingerprint density at radius 1 is 1.33 bits per heavy atom. The highest BCUT2D eigenvalue weighted by Gasteiger charge is 2.53. The van der Waals surface area contributed by atoms with Crippen LogP contribution in [0, 0.1) is 11.3 Å². The summed E-state index contributed by atoms with van der Waals surface area (Å²) in [6.45, 7) is 12.1. The monoisotopic (exact) mass is 167 g/mol. The molecule has 2 atom stereocenters. The lowest BCUT2D eigenvalue weighted by Gasteiger charge is -2.39. The van der Waals surface area contributed by atoms with Crippen LogP contribution in [0.5, 0.6) is 0 Å². The van der Waals surface area contributed by atoms with Crippen LogP contribution in [0.4, 0.5) is 0 Å². The first-order chi connectivity index (χ1) is 5.42. The summed E-state index contributed by atoms with van der Waals surface area (Å²) in [4.78, 5) is 2.65. The van der Waals surface area contributed by atoms with Gasteiger partial charge in [-0.3, -0.25) is 4.90 Å². The Balaban J connectivity index is 1.98. The lowest BCUT2D eigenvalue weighted by atomic mass is 9.94. The minimum atomic E-state index is 0.393. The first-order valence-electron chi connectivity index (χ1n) is 5.17. The molecule has 12 heavy (non-hydrogen) atoms. The molecule has 1 aliphatic carbocycles. The maximum Gasteiger partial charge on any atom is 0.0125 e. The molecular weight excluding hydrogens is 146 g/mol. The van der Waals surface area contributed by atoms with Crippen LogP contribution in [-0.2, 0) is 0 Å². The quantitative estimate of drug-likeness (QED) is 0.536. The van der Waals surface area contributed by atoms with Crippen molar-refractivity contribution in [2.45, 2.75) is 46.1 Å². The van der Waals surface area contributed by atoms with Crippen LogP contribution in [0.3, 0.4) is 0 Å². The Kier molecular flexibility index (Phi) is 1.61. The third-order valence-corrected chi connectivity index (χ3v) is 3.88. The van der Waals surface area contributed by atoms with Crippen molar-refractivity contribution in [3.05, 3.63) is 0 Å². The molecular formula is C11H21N. The number of fused-ring (bicyclic) bond motifs is 1. The third kappa shape index (κ3) is 1.28. The SMILES string of the molecule is CC12CCN(C(C)(C)C)CC1C2.